The highest BCUT2D eigenvalue weighted by Crippen LogP contribution is 2.09. The Morgan fingerprint density at radius 3 is 2.78 bits per heavy atom. The van der Waals surface area contributed by atoms with Crippen molar-refractivity contribution < 1.29 is 19.7 Å². The first-order valence-corrected chi connectivity index (χ1v) is 7.05. The number of hydrogen-bond acceptors (Lipinski definition) is 7. The highest BCUT2D eigenvalue weighted by Gasteiger charge is 2.21. The van der Waals surface area contributed by atoms with E-state index in [1.165, 1.54) is 6.08 Å². The lowest BCUT2D eigenvalue weighted by Gasteiger charge is -2.12. The fourth-order valence-corrected chi connectivity index (χ4v) is 2.02. The molecule has 0 bridgehead atoms. The second kappa shape index (κ2) is 8.61. The third kappa shape index (κ3) is 5.49. The minimum atomic E-state index is -0.875. The molecule has 0 aromatic carbocycles. The van der Waals surface area contributed by atoms with E-state index in [1.54, 1.807) is 13.8 Å². The zero-order valence-corrected chi connectivity index (χ0v) is 12.9. The van der Waals surface area contributed by atoms with Crippen LogP contribution in [0.4, 0.5) is 0 Å². The monoisotopic (exact) mass is 325 g/mol. The number of nitrogens with zero attached hydrogens (tertiary/aromatic N) is 3. The summed E-state index contributed by atoms with van der Waals surface area (Å²) in [6.45, 7) is 3.12. The second-order valence-electron chi connectivity index (χ2n) is 4.97. The lowest BCUT2D eigenvalue weighted by Crippen LogP contribution is -2.39. The number of rotatable bonds is 7. The normalized spacial score (nSPS) is 17.1. The van der Waals surface area contributed by atoms with E-state index in [-0.39, 0.29) is 36.7 Å². The van der Waals surface area contributed by atoms with Crippen LogP contribution in [0.2, 0.25) is 0 Å². The number of carbonyl (C=O) groups is 2. The zero-order chi connectivity index (χ0) is 17.4. The van der Waals surface area contributed by atoms with Crippen molar-refractivity contribution in [2.75, 3.05) is 6.54 Å². The third-order valence-corrected chi connectivity index (χ3v) is 3.29. The predicted octanol–water partition coefficient (Wildman–Crippen LogP) is 0.200. The lowest BCUT2D eigenvalue weighted by atomic mass is 10.1. The molecule has 0 aromatic rings. The van der Waals surface area contributed by atoms with Gasteiger partial charge in [0.2, 0.25) is 11.9 Å². The summed E-state index contributed by atoms with van der Waals surface area (Å²) in [7, 11) is 0. The summed E-state index contributed by atoms with van der Waals surface area (Å²) in [5, 5.41) is 29.0. The summed E-state index contributed by atoms with van der Waals surface area (Å²) in [4.78, 5) is 33.3. The molecular weight excluding hydrogens is 306 g/mol. The Hall–Kier alpha value is -2.78. The molecule has 1 aliphatic rings. The molecule has 0 fully saturated rings. The molecular formula is C13H19N5O5. The largest absolute Gasteiger partial charge is 0.411 e. The van der Waals surface area contributed by atoms with E-state index in [0.29, 0.717) is 12.0 Å². The molecule has 0 saturated carbocycles. The first kappa shape index (κ1) is 18.3. The SMILES string of the molecule is CCC(C(C)=CC(CNC(=O)C1=NNC(=O)CC1)=NO)[N+](=O)[O-]. The van der Waals surface area contributed by atoms with Crippen molar-refractivity contribution in [2.45, 2.75) is 39.2 Å². The molecule has 0 spiro atoms. The quantitative estimate of drug-likeness (QED) is 0.265. The molecule has 1 unspecified atom stereocenters. The molecule has 2 amide bonds. The summed E-state index contributed by atoms with van der Waals surface area (Å²) >= 11 is 0. The maximum Gasteiger partial charge on any atom is 0.267 e. The van der Waals surface area contributed by atoms with Crippen LogP contribution in [-0.2, 0) is 9.59 Å². The second-order valence-corrected chi connectivity index (χ2v) is 4.97. The Morgan fingerprint density at radius 2 is 2.30 bits per heavy atom. The predicted molar refractivity (Wildman–Crippen MR) is 81.9 cm³/mol. The molecule has 1 aliphatic heterocycles. The first-order valence-electron chi connectivity index (χ1n) is 7.05. The minimum absolute atomic E-state index is 0.0802. The van der Waals surface area contributed by atoms with Crippen LogP contribution in [0.5, 0.6) is 0 Å². The number of carbonyl (C=O) groups excluding carboxylic acids is 2. The van der Waals surface area contributed by atoms with Crippen LogP contribution < -0.4 is 10.7 Å². The maximum absolute atomic E-state index is 11.9. The summed E-state index contributed by atoms with van der Waals surface area (Å²) in [6, 6.07) is -0.875. The number of amides is 2. The number of nitrogens with one attached hydrogen (secondary N) is 2. The van der Waals surface area contributed by atoms with Gasteiger partial charge in [0.05, 0.1) is 12.3 Å². The van der Waals surface area contributed by atoms with Crippen molar-refractivity contribution in [3.05, 3.63) is 21.8 Å². The lowest BCUT2D eigenvalue weighted by molar-refractivity contribution is -0.512. The van der Waals surface area contributed by atoms with Crippen molar-refractivity contribution in [1.29, 1.82) is 0 Å². The molecule has 1 heterocycles. The van der Waals surface area contributed by atoms with Crippen molar-refractivity contribution in [2.24, 2.45) is 10.3 Å². The molecule has 3 N–H and O–H groups in total. The molecule has 23 heavy (non-hydrogen) atoms. The fraction of sp³-hybridized carbons (Fsp3) is 0.538. The van der Waals surface area contributed by atoms with Gasteiger partial charge in [-0.3, -0.25) is 19.7 Å². The van der Waals surface area contributed by atoms with Gasteiger partial charge in [-0.15, -0.1) is 0 Å². The fourth-order valence-electron chi connectivity index (χ4n) is 2.02. The van der Waals surface area contributed by atoms with Crippen LogP contribution in [0.1, 0.15) is 33.1 Å². The molecule has 0 aliphatic carbocycles. The first-order chi connectivity index (χ1) is 10.9. The summed E-state index contributed by atoms with van der Waals surface area (Å²) in [5.74, 6) is -0.762. The molecule has 1 atom stereocenters. The van der Waals surface area contributed by atoms with E-state index in [4.69, 9.17) is 5.21 Å². The van der Waals surface area contributed by atoms with Crippen LogP contribution in [-0.4, -0.2) is 46.0 Å². The number of nitro groups is 1. The van der Waals surface area contributed by atoms with E-state index >= 15 is 0 Å². The number of hydrazone groups is 1. The van der Waals surface area contributed by atoms with Gasteiger partial charge < -0.3 is 10.5 Å². The average molecular weight is 325 g/mol. The van der Waals surface area contributed by atoms with Crippen molar-refractivity contribution >= 4 is 23.2 Å². The maximum atomic E-state index is 11.9. The van der Waals surface area contributed by atoms with E-state index in [1.807, 2.05) is 0 Å². The molecule has 0 radical (unpaired) electrons. The van der Waals surface area contributed by atoms with Crippen LogP contribution in [0.15, 0.2) is 21.9 Å². The van der Waals surface area contributed by atoms with Gasteiger partial charge in [-0.05, 0) is 13.0 Å². The molecule has 0 saturated heterocycles. The topological polar surface area (TPSA) is 146 Å². The van der Waals surface area contributed by atoms with Gasteiger partial charge in [0.1, 0.15) is 5.71 Å². The standard InChI is InChI=1S/C13H19N5O5/c1-3-11(18(22)23)8(2)6-9(17-21)7-14-13(20)10-4-5-12(19)16-15-10/h6,11,21H,3-5,7H2,1-2H3,(H,14,20)(H,16,19). The average Bonchev–Trinajstić information content (AvgIpc) is 2.52. The number of oxime groups is 1. The zero-order valence-electron chi connectivity index (χ0n) is 12.9. The Bertz CT molecular complexity index is 581. The Balaban J connectivity index is 2.65. The molecule has 10 nitrogen and oxygen atoms in total. The molecule has 0 aromatic heterocycles. The Morgan fingerprint density at radius 1 is 1.61 bits per heavy atom. The molecule has 10 heteroatoms. The Kier molecular flexibility index (Phi) is 6.84. The molecule has 126 valence electrons. The van der Waals surface area contributed by atoms with Crippen LogP contribution in [0.25, 0.3) is 0 Å². The van der Waals surface area contributed by atoms with Gasteiger partial charge in [0.15, 0.2) is 0 Å². The third-order valence-electron chi connectivity index (χ3n) is 3.29. The van der Waals surface area contributed by atoms with Gasteiger partial charge in [-0.25, -0.2) is 5.43 Å². The van der Waals surface area contributed by atoms with Gasteiger partial charge >= 0.3 is 0 Å². The van der Waals surface area contributed by atoms with E-state index in [0.717, 1.165) is 0 Å². The van der Waals surface area contributed by atoms with Crippen LogP contribution in [0, 0.1) is 10.1 Å². The van der Waals surface area contributed by atoms with Crippen LogP contribution in [0.3, 0.4) is 0 Å². The van der Waals surface area contributed by atoms with Crippen molar-refractivity contribution in [1.82, 2.24) is 10.7 Å². The molecule has 1 rings (SSSR count). The van der Waals surface area contributed by atoms with Gasteiger partial charge in [-0.1, -0.05) is 12.1 Å². The summed E-state index contributed by atoms with van der Waals surface area (Å²) in [5.41, 5.74) is 2.87. The highest BCUT2D eigenvalue weighted by molar-refractivity contribution is 6.39. The summed E-state index contributed by atoms with van der Waals surface area (Å²) in [6.07, 6.45) is 2.06. The van der Waals surface area contributed by atoms with Crippen molar-refractivity contribution in [3.63, 3.8) is 0 Å². The van der Waals surface area contributed by atoms with Gasteiger partial charge in [-0.2, -0.15) is 5.10 Å². The highest BCUT2D eigenvalue weighted by atomic mass is 16.6. The van der Waals surface area contributed by atoms with E-state index < -0.39 is 16.9 Å². The van der Waals surface area contributed by atoms with E-state index in [9.17, 15) is 19.7 Å². The summed E-state index contributed by atoms with van der Waals surface area (Å²) < 4.78 is 0. The number of hydrogen-bond donors (Lipinski definition) is 3. The van der Waals surface area contributed by atoms with Gasteiger partial charge in [0.25, 0.3) is 5.91 Å². The van der Waals surface area contributed by atoms with Crippen LogP contribution >= 0.6 is 0 Å². The Labute approximate surface area is 132 Å². The van der Waals surface area contributed by atoms with E-state index in [2.05, 4.69) is 21.0 Å². The minimum Gasteiger partial charge on any atom is -0.411 e. The smallest absolute Gasteiger partial charge is 0.267 e. The van der Waals surface area contributed by atoms with Gasteiger partial charge in [0, 0.05) is 29.8 Å². The van der Waals surface area contributed by atoms with Crippen molar-refractivity contribution in [3.8, 4) is 0 Å².